The van der Waals surface area contributed by atoms with Crippen LogP contribution in [0.15, 0.2) is 41.4 Å². The lowest BCUT2D eigenvalue weighted by Gasteiger charge is -2.42. The van der Waals surface area contributed by atoms with Crippen LogP contribution < -0.4 is 9.46 Å². The van der Waals surface area contributed by atoms with Gasteiger partial charge in [-0.25, -0.2) is 26.4 Å². The Kier molecular flexibility index (Phi) is 8.85. The molecule has 3 aromatic carbocycles. The molecule has 4 aromatic rings. The van der Waals surface area contributed by atoms with Crippen molar-refractivity contribution in [1.29, 1.82) is 0 Å². The van der Waals surface area contributed by atoms with Gasteiger partial charge in [-0.3, -0.25) is 10.1 Å². The van der Waals surface area contributed by atoms with Crippen LogP contribution in [-0.4, -0.2) is 24.3 Å². The lowest BCUT2D eigenvalue weighted by molar-refractivity contribution is -0.388. The van der Waals surface area contributed by atoms with Crippen LogP contribution in [0.3, 0.4) is 0 Å². The summed E-state index contributed by atoms with van der Waals surface area (Å²) in [6, 6.07) is 6.09. The van der Waals surface area contributed by atoms with Crippen molar-refractivity contribution in [3.63, 3.8) is 0 Å². The fourth-order valence-corrected chi connectivity index (χ4v) is 7.85. The number of ether oxygens (including phenoxy) is 1. The summed E-state index contributed by atoms with van der Waals surface area (Å²) >= 11 is 18.7. The molecule has 1 fully saturated rings. The molecular formula is C28H17Cl3F5N3O6S. The van der Waals surface area contributed by atoms with E-state index in [1.165, 1.54) is 31.2 Å². The molecule has 0 aliphatic heterocycles. The van der Waals surface area contributed by atoms with Crippen molar-refractivity contribution >= 4 is 56.5 Å². The number of sulfonamides is 1. The van der Waals surface area contributed by atoms with Gasteiger partial charge in [-0.05, 0) is 44.4 Å². The number of aromatic nitrogens is 1. The van der Waals surface area contributed by atoms with Crippen LogP contribution in [0.25, 0.3) is 11.1 Å². The summed E-state index contributed by atoms with van der Waals surface area (Å²) in [7, 11) is -4.73. The van der Waals surface area contributed by atoms with E-state index in [0.717, 1.165) is 12.3 Å². The van der Waals surface area contributed by atoms with Gasteiger partial charge in [-0.15, -0.1) is 0 Å². The van der Waals surface area contributed by atoms with Gasteiger partial charge in [0, 0.05) is 27.9 Å². The molecule has 9 nitrogen and oxygen atoms in total. The minimum atomic E-state index is -4.73. The third-order valence-electron chi connectivity index (χ3n) is 7.41. The molecule has 0 atom stereocenters. The fraction of sp³-hybridized carbons (Fsp3) is 0.179. The summed E-state index contributed by atoms with van der Waals surface area (Å²) in [5.41, 5.74) is -3.61. The number of carbonyl (C=O) groups excluding carboxylic acids is 1. The quantitative estimate of drug-likeness (QED) is 0.0359. The Bertz CT molecular complexity index is 2020. The monoisotopic (exact) mass is 723 g/mol. The topological polar surface area (TPSA) is 131 Å². The highest BCUT2D eigenvalue weighted by Crippen LogP contribution is 2.48. The molecule has 2 N–H and O–H groups in total. The first-order valence-electron chi connectivity index (χ1n) is 12.9. The molecule has 1 heterocycles. The zero-order valence-corrected chi connectivity index (χ0v) is 26.0. The van der Waals surface area contributed by atoms with E-state index >= 15 is 0 Å². The third kappa shape index (κ3) is 5.59. The molecule has 0 radical (unpaired) electrons. The Morgan fingerprint density at radius 3 is 2.09 bits per heavy atom. The molecule has 1 aromatic heterocycles. The van der Waals surface area contributed by atoms with Gasteiger partial charge >= 0.3 is 5.97 Å². The number of rotatable bonds is 8. The van der Waals surface area contributed by atoms with E-state index in [4.69, 9.17) is 39.5 Å². The van der Waals surface area contributed by atoms with Crippen molar-refractivity contribution < 1.29 is 44.8 Å². The zero-order valence-electron chi connectivity index (χ0n) is 22.9. The van der Waals surface area contributed by atoms with Gasteiger partial charge in [-0.2, -0.15) is 13.5 Å². The average molecular weight is 725 g/mol. The zero-order chi connectivity index (χ0) is 33.9. The highest BCUT2D eigenvalue weighted by Gasteiger charge is 2.48. The Labute approximate surface area is 271 Å². The number of nitrogens with zero attached hydrogens (tertiary/aromatic N) is 1. The lowest BCUT2D eigenvalue weighted by Crippen LogP contribution is -2.51. The van der Waals surface area contributed by atoms with Crippen molar-refractivity contribution in [2.75, 3.05) is 0 Å². The van der Waals surface area contributed by atoms with Crippen LogP contribution in [0.2, 0.25) is 15.1 Å². The van der Waals surface area contributed by atoms with Gasteiger partial charge in [0.25, 0.3) is 5.69 Å². The Morgan fingerprint density at radius 2 is 1.57 bits per heavy atom. The van der Waals surface area contributed by atoms with Crippen LogP contribution in [0.4, 0.5) is 27.6 Å². The first kappa shape index (κ1) is 33.6. The molecule has 46 heavy (non-hydrogen) atoms. The number of carbonyl (C=O) groups is 1. The number of nitrogens with one attached hydrogen (secondary N) is 2. The summed E-state index contributed by atoms with van der Waals surface area (Å²) in [5.74, 6) is -15.8. The largest absolute Gasteiger partial charge is 0.416 e. The number of nitro groups is 1. The van der Waals surface area contributed by atoms with E-state index in [0.29, 0.717) is 6.42 Å². The van der Waals surface area contributed by atoms with E-state index in [9.17, 15) is 45.3 Å². The van der Waals surface area contributed by atoms with Crippen LogP contribution in [0, 0.1) is 46.1 Å². The van der Waals surface area contributed by atoms with Gasteiger partial charge < -0.3 is 9.72 Å². The summed E-state index contributed by atoms with van der Waals surface area (Å²) < 4.78 is 105. The SMILES string of the molecule is Cc1cccc(S(=O)(=O)NC2(c3[nH]cc(-c4c(Cl)cc(Cl)cc4Cl)c3C(=O)Oc3c(F)c(F)c(F)c(F)c3F)CCC2)c1[N+](=O)[O-]. The summed E-state index contributed by atoms with van der Waals surface area (Å²) in [6.45, 7) is 1.33. The average Bonchev–Trinajstić information content (AvgIpc) is 3.39. The summed E-state index contributed by atoms with van der Waals surface area (Å²) in [6.07, 6.45) is 1.46. The number of hydrogen-bond acceptors (Lipinski definition) is 6. The van der Waals surface area contributed by atoms with E-state index < -0.39 is 77.4 Å². The molecule has 0 spiro atoms. The Morgan fingerprint density at radius 1 is 1.00 bits per heavy atom. The highest BCUT2D eigenvalue weighted by atomic mass is 35.5. The minimum Gasteiger partial charge on any atom is -0.416 e. The van der Waals surface area contributed by atoms with Crippen LogP contribution in [0.5, 0.6) is 5.75 Å². The van der Waals surface area contributed by atoms with Crippen molar-refractivity contribution in [3.05, 3.63) is 108 Å². The van der Waals surface area contributed by atoms with Crippen molar-refractivity contribution in [3.8, 4) is 16.9 Å². The number of H-pyrrole nitrogens is 1. The van der Waals surface area contributed by atoms with E-state index in [2.05, 4.69) is 9.71 Å². The fourth-order valence-electron chi connectivity index (χ4n) is 5.16. The highest BCUT2D eigenvalue weighted by molar-refractivity contribution is 7.89. The van der Waals surface area contributed by atoms with Gasteiger partial charge in [0.05, 0.1) is 31.8 Å². The number of benzene rings is 3. The molecule has 18 heteroatoms. The number of halogens is 8. The number of para-hydroxylation sites is 1. The van der Waals surface area contributed by atoms with Gasteiger partial charge in [0.15, 0.2) is 4.90 Å². The molecule has 0 unspecified atom stereocenters. The first-order chi connectivity index (χ1) is 21.5. The van der Waals surface area contributed by atoms with E-state index in [1.54, 1.807) is 0 Å². The van der Waals surface area contributed by atoms with Crippen LogP contribution in [0.1, 0.15) is 40.9 Å². The van der Waals surface area contributed by atoms with Gasteiger partial charge in [-0.1, -0.05) is 46.9 Å². The maximum absolute atomic E-state index is 14.5. The normalized spacial score (nSPS) is 14.2. The van der Waals surface area contributed by atoms with Crippen molar-refractivity contribution in [1.82, 2.24) is 9.71 Å². The molecule has 0 amide bonds. The Hall–Kier alpha value is -3.76. The number of esters is 1. The molecule has 1 aliphatic carbocycles. The second-order valence-electron chi connectivity index (χ2n) is 10.2. The molecule has 5 rings (SSSR count). The molecule has 242 valence electrons. The maximum Gasteiger partial charge on any atom is 0.346 e. The molecule has 1 aliphatic rings. The number of aryl methyl sites for hydroxylation is 1. The second kappa shape index (κ2) is 12.1. The van der Waals surface area contributed by atoms with Crippen LogP contribution in [-0.2, 0) is 15.6 Å². The molecule has 1 saturated carbocycles. The number of hydrogen-bond donors (Lipinski definition) is 2. The number of aromatic amines is 1. The summed E-state index contributed by atoms with van der Waals surface area (Å²) in [5, 5.41) is 11.6. The molecule has 0 bridgehead atoms. The number of nitro benzene ring substituents is 1. The third-order valence-corrected chi connectivity index (χ3v) is 9.80. The molecule has 0 saturated heterocycles. The second-order valence-corrected chi connectivity index (χ2v) is 13.1. The predicted molar refractivity (Wildman–Crippen MR) is 156 cm³/mol. The molecular weight excluding hydrogens is 708 g/mol. The van der Waals surface area contributed by atoms with Gasteiger partial charge in [0.1, 0.15) is 0 Å². The first-order valence-corrected chi connectivity index (χ1v) is 15.5. The van der Waals surface area contributed by atoms with Crippen molar-refractivity contribution in [2.45, 2.75) is 36.6 Å². The maximum atomic E-state index is 14.5. The van der Waals surface area contributed by atoms with Gasteiger partial charge in [0.2, 0.25) is 44.9 Å². The minimum absolute atomic E-state index is 0.0172. The van der Waals surface area contributed by atoms with E-state index in [1.807, 2.05) is 0 Å². The van der Waals surface area contributed by atoms with E-state index in [-0.39, 0.29) is 50.3 Å². The Balaban J connectivity index is 1.71. The lowest BCUT2D eigenvalue weighted by atomic mass is 9.73. The predicted octanol–water partition coefficient (Wildman–Crippen LogP) is 8.13. The standard InChI is InChI=1S/C28H17Cl3F5N3O6S/c1-11-4-2-5-16(24(11)39(41)42)46(43,44)38-28(6-3-7-28)26-18(13(10-37-26)17-14(30)8-12(29)9-15(17)31)27(40)45-25-22(35)20(33)19(32)21(34)23(25)36/h2,4-5,8-10,37-38H,3,6-7H2,1H3. The van der Waals surface area contributed by atoms with Crippen molar-refractivity contribution in [2.24, 2.45) is 0 Å². The van der Waals surface area contributed by atoms with Crippen LogP contribution >= 0.6 is 34.8 Å². The summed E-state index contributed by atoms with van der Waals surface area (Å²) in [4.78, 5) is 26.6. The smallest absolute Gasteiger partial charge is 0.346 e.